The van der Waals surface area contributed by atoms with E-state index in [1.54, 1.807) is 18.7 Å². The third kappa shape index (κ3) is 3.22. The molecular weight excluding hydrogens is 356 g/mol. The minimum atomic E-state index is -0.477. The molecular formula is C22H26N2O4. The van der Waals surface area contributed by atoms with Crippen LogP contribution in [0.4, 0.5) is 0 Å². The molecule has 2 amide bonds. The Morgan fingerprint density at radius 1 is 1.32 bits per heavy atom. The van der Waals surface area contributed by atoms with Crippen LogP contribution >= 0.6 is 0 Å². The number of amides is 2. The summed E-state index contributed by atoms with van der Waals surface area (Å²) in [7, 11) is 1.65. The van der Waals surface area contributed by atoms with Crippen molar-refractivity contribution in [2.75, 3.05) is 13.7 Å². The summed E-state index contributed by atoms with van der Waals surface area (Å²) >= 11 is 0. The van der Waals surface area contributed by atoms with Crippen molar-refractivity contribution in [3.63, 3.8) is 0 Å². The minimum absolute atomic E-state index is 0.244. The van der Waals surface area contributed by atoms with E-state index in [-0.39, 0.29) is 23.2 Å². The van der Waals surface area contributed by atoms with Crippen LogP contribution in [0.25, 0.3) is 0 Å². The van der Waals surface area contributed by atoms with Gasteiger partial charge in [0, 0.05) is 24.2 Å². The molecule has 3 aliphatic rings. The largest absolute Gasteiger partial charge is 0.496 e. The highest BCUT2D eigenvalue weighted by atomic mass is 16.5. The number of nitrogens with one attached hydrogen (secondary N) is 1. The highest BCUT2D eigenvalue weighted by molar-refractivity contribution is 5.95. The highest BCUT2D eigenvalue weighted by Gasteiger charge is 2.50. The van der Waals surface area contributed by atoms with E-state index in [2.05, 4.69) is 0 Å². The fourth-order valence-corrected chi connectivity index (χ4v) is 5.01. The van der Waals surface area contributed by atoms with Crippen molar-refractivity contribution in [2.24, 2.45) is 17.3 Å². The van der Waals surface area contributed by atoms with Crippen LogP contribution in [-0.2, 0) is 16.1 Å². The average Bonchev–Trinajstić information content (AvgIpc) is 3.02. The fraction of sp³-hybridized carbons (Fsp3) is 0.455. The molecule has 0 bridgehead atoms. The number of carbonyl (C=O) groups is 2. The minimum Gasteiger partial charge on any atom is -0.496 e. The van der Waals surface area contributed by atoms with Crippen molar-refractivity contribution in [2.45, 2.75) is 32.2 Å². The number of ether oxygens (including phenoxy) is 1. The summed E-state index contributed by atoms with van der Waals surface area (Å²) < 4.78 is 5.43. The van der Waals surface area contributed by atoms with Crippen LogP contribution in [0.2, 0.25) is 0 Å². The fourth-order valence-electron chi connectivity index (χ4n) is 5.01. The van der Waals surface area contributed by atoms with Crippen molar-refractivity contribution in [3.8, 4) is 5.75 Å². The first-order valence-corrected chi connectivity index (χ1v) is 9.82. The molecule has 1 aliphatic heterocycles. The summed E-state index contributed by atoms with van der Waals surface area (Å²) in [6.45, 7) is 1.35. The van der Waals surface area contributed by atoms with Gasteiger partial charge in [0.1, 0.15) is 5.75 Å². The molecule has 148 valence electrons. The van der Waals surface area contributed by atoms with Crippen LogP contribution in [-0.4, -0.2) is 35.6 Å². The number of allylic oxidation sites excluding steroid dienone is 2. The molecule has 2 unspecified atom stereocenters. The zero-order chi connectivity index (χ0) is 19.7. The van der Waals surface area contributed by atoms with Gasteiger partial charge in [-0.3, -0.25) is 14.8 Å². The number of methoxy groups -OCH3 is 1. The van der Waals surface area contributed by atoms with Crippen LogP contribution in [0.3, 0.4) is 0 Å². The van der Waals surface area contributed by atoms with Gasteiger partial charge in [0.25, 0.3) is 5.91 Å². The summed E-state index contributed by atoms with van der Waals surface area (Å²) in [6.07, 6.45) is 9.16. The lowest BCUT2D eigenvalue weighted by Gasteiger charge is -2.40. The monoisotopic (exact) mass is 382 g/mol. The predicted molar refractivity (Wildman–Crippen MR) is 103 cm³/mol. The molecule has 3 atom stereocenters. The van der Waals surface area contributed by atoms with E-state index in [1.165, 1.54) is 0 Å². The molecule has 1 spiro atoms. The SMILES string of the molecule is COc1ccccc1CN1CC[C@]2(CCC3C=C(C(=O)NO)C=CC3C2)C1=O. The lowest BCUT2D eigenvalue weighted by Crippen LogP contribution is -2.40. The molecule has 2 fully saturated rings. The maximum absolute atomic E-state index is 13.3. The van der Waals surface area contributed by atoms with E-state index in [9.17, 15) is 9.59 Å². The Kier molecular flexibility index (Phi) is 4.98. The summed E-state index contributed by atoms with van der Waals surface area (Å²) in [5.74, 6) is 1.09. The van der Waals surface area contributed by atoms with Gasteiger partial charge in [0.05, 0.1) is 12.5 Å². The zero-order valence-corrected chi connectivity index (χ0v) is 16.1. The number of rotatable bonds is 4. The molecule has 1 saturated heterocycles. The van der Waals surface area contributed by atoms with E-state index >= 15 is 0 Å². The Balaban J connectivity index is 1.46. The second-order valence-corrected chi connectivity index (χ2v) is 8.06. The van der Waals surface area contributed by atoms with Crippen molar-refractivity contribution in [1.29, 1.82) is 0 Å². The summed E-state index contributed by atoms with van der Waals surface area (Å²) in [6, 6.07) is 7.84. The van der Waals surface area contributed by atoms with Crippen LogP contribution in [0.15, 0.2) is 48.1 Å². The molecule has 1 heterocycles. The van der Waals surface area contributed by atoms with E-state index in [4.69, 9.17) is 9.94 Å². The molecule has 0 aromatic heterocycles. The van der Waals surface area contributed by atoms with E-state index in [1.807, 2.05) is 41.3 Å². The summed E-state index contributed by atoms with van der Waals surface area (Å²) in [5, 5.41) is 8.84. The Morgan fingerprint density at radius 3 is 2.93 bits per heavy atom. The number of fused-ring (bicyclic) bond motifs is 1. The molecule has 0 radical (unpaired) electrons. The van der Waals surface area contributed by atoms with Gasteiger partial charge in [-0.1, -0.05) is 36.4 Å². The first kappa shape index (κ1) is 18.7. The third-order valence-corrected chi connectivity index (χ3v) is 6.57. The van der Waals surface area contributed by atoms with Crippen LogP contribution < -0.4 is 10.2 Å². The number of likely N-dealkylation sites (tertiary alicyclic amines) is 1. The smallest absolute Gasteiger partial charge is 0.274 e. The molecule has 2 N–H and O–H groups in total. The van der Waals surface area contributed by atoms with Crippen molar-refractivity contribution in [3.05, 3.63) is 53.6 Å². The Bertz CT molecular complexity index is 847. The maximum atomic E-state index is 13.3. The molecule has 2 aliphatic carbocycles. The van der Waals surface area contributed by atoms with Gasteiger partial charge in [-0.15, -0.1) is 0 Å². The number of carbonyl (C=O) groups excluding carboxylic acids is 2. The Morgan fingerprint density at radius 2 is 2.14 bits per heavy atom. The van der Waals surface area contributed by atoms with Gasteiger partial charge in [-0.2, -0.15) is 0 Å². The molecule has 4 rings (SSSR count). The highest BCUT2D eigenvalue weighted by Crippen LogP contribution is 2.51. The first-order chi connectivity index (χ1) is 13.6. The topological polar surface area (TPSA) is 78.9 Å². The number of hydrogen-bond donors (Lipinski definition) is 2. The number of nitrogens with zero attached hydrogens (tertiary/aromatic N) is 1. The normalized spacial score (nSPS) is 28.9. The van der Waals surface area contributed by atoms with Gasteiger partial charge < -0.3 is 9.64 Å². The third-order valence-electron chi connectivity index (χ3n) is 6.57. The molecule has 28 heavy (non-hydrogen) atoms. The van der Waals surface area contributed by atoms with Crippen molar-refractivity contribution >= 4 is 11.8 Å². The second kappa shape index (κ2) is 7.43. The Hall–Kier alpha value is -2.60. The second-order valence-electron chi connectivity index (χ2n) is 8.06. The van der Waals surface area contributed by atoms with Gasteiger partial charge >= 0.3 is 0 Å². The lowest BCUT2D eigenvalue weighted by molar-refractivity contribution is -0.139. The zero-order valence-electron chi connectivity index (χ0n) is 16.1. The maximum Gasteiger partial charge on any atom is 0.274 e. The molecule has 6 nitrogen and oxygen atoms in total. The van der Waals surface area contributed by atoms with Gasteiger partial charge in [0.15, 0.2) is 0 Å². The van der Waals surface area contributed by atoms with E-state index < -0.39 is 5.91 Å². The van der Waals surface area contributed by atoms with Gasteiger partial charge in [0.2, 0.25) is 5.91 Å². The van der Waals surface area contributed by atoms with Gasteiger partial charge in [-0.25, -0.2) is 5.48 Å². The Labute approximate surface area is 164 Å². The van der Waals surface area contributed by atoms with E-state index in [0.717, 1.165) is 43.5 Å². The van der Waals surface area contributed by atoms with Crippen molar-refractivity contribution in [1.82, 2.24) is 10.4 Å². The van der Waals surface area contributed by atoms with Crippen LogP contribution in [0.1, 0.15) is 31.2 Å². The van der Waals surface area contributed by atoms with Crippen LogP contribution in [0, 0.1) is 17.3 Å². The number of para-hydroxylation sites is 1. The molecule has 1 aromatic rings. The lowest BCUT2D eigenvalue weighted by atomic mass is 9.63. The van der Waals surface area contributed by atoms with E-state index in [0.29, 0.717) is 12.1 Å². The number of benzene rings is 1. The predicted octanol–water partition coefficient (Wildman–Crippen LogP) is 2.83. The van der Waals surface area contributed by atoms with Gasteiger partial charge in [-0.05, 0) is 43.6 Å². The summed E-state index contributed by atoms with van der Waals surface area (Å²) in [5.41, 5.74) is 2.93. The number of hydrogen-bond acceptors (Lipinski definition) is 4. The average molecular weight is 382 g/mol. The van der Waals surface area contributed by atoms with Crippen molar-refractivity contribution < 1.29 is 19.5 Å². The number of hydroxylamine groups is 1. The first-order valence-electron chi connectivity index (χ1n) is 9.82. The molecule has 6 heteroatoms. The molecule has 1 aromatic carbocycles. The standard InChI is InChI=1S/C22H26N2O4/c1-28-19-5-3-2-4-18(19)14-24-11-10-22(21(24)26)9-8-15-12-16(20(25)23-27)6-7-17(15)13-22/h2-7,12,15,17,27H,8-11,13-14H2,1H3,(H,23,25)/t15?,17?,22-/m0/s1. The summed E-state index contributed by atoms with van der Waals surface area (Å²) in [4.78, 5) is 27.0. The quantitative estimate of drug-likeness (QED) is 0.620. The van der Waals surface area contributed by atoms with Crippen LogP contribution in [0.5, 0.6) is 5.75 Å². The molecule has 1 saturated carbocycles.